The van der Waals surface area contributed by atoms with E-state index in [1.165, 1.54) is 11.6 Å². The van der Waals surface area contributed by atoms with Gasteiger partial charge in [0.15, 0.2) is 0 Å². The lowest BCUT2D eigenvalue weighted by atomic mass is 9.82. The lowest BCUT2D eigenvalue weighted by Gasteiger charge is -2.24. The van der Waals surface area contributed by atoms with Crippen LogP contribution in [-0.2, 0) is 5.41 Å². The molecule has 0 bridgehead atoms. The Morgan fingerprint density at radius 1 is 1.10 bits per heavy atom. The Bertz CT molecular complexity index is 618. The molecule has 112 valence electrons. The number of alkyl halides is 1. The van der Waals surface area contributed by atoms with Crippen LogP contribution in [0.2, 0.25) is 5.02 Å². The molecule has 0 aliphatic carbocycles. The maximum absolute atomic E-state index is 14.0. The minimum atomic E-state index is -0.539. The molecule has 0 heterocycles. The summed E-state index contributed by atoms with van der Waals surface area (Å²) >= 11 is 12.2. The SMILES string of the molecule is CCC(C)(C)c1ccc(C(Cl)c2cccc(Cl)c2F)cc1. The van der Waals surface area contributed by atoms with Gasteiger partial charge in [-0.25, -0.2) is 4.39 Å². The third kappa shape index (κ3) is 3.41. The first-order valence-electron chi connectivity index (χ1n) is 7.05. The van der Waals surface area contributed by atoms with Gasteiger partial charge < -0.3 is 0 Å². The Balaban J connectivity index is 2.32. The standard InChI is InChI=1S/C18H19Cl2F/c1-4-18(2,3)13-10-8-12(9-11-13)16(20)14-6-5-7-15(19)17(14)21/h5-11,16H,4H2,1-3H3. The van der Waals surface area contributed by atoms with Crippen molar-refractivity contribution in [3.63, 3.8) is 0 Å². The van der Waals surface area contributed by atoms with Crippen molar-refractivity contribution in [2.24, 2.45) is 0 Å². The van der Waals surface area contributed by atoms with Crippen LogP contribution in [0.3, 0.4) is 0 Å². The first kappa shape index (κ1) is 16.3. The molecule has 0 aliphatic heterocycles. The molecule has 2 aromatic rings. The van der Waals surface area contributed by atoms with Crippen molar-refractivity contribution in [1.82, 2.24) is 0 Å². The van der Waals surface area contributed by atoms with Crippen molar-refractivity contribution >= 4 is 23.2 Å². The quantitative estimate of drug-likeness (QED) is 0.563. The van der Waals surface area contributed by atoms with Gasteiger partial charge in [-0.3, -0.25) is 0 Å². The van der Waals surface area contributed by atoms with E-state index in [0.717, 1.165) is 12.0 Å². The van der Waals surface area contributed by atoms with E-state index in [1.54, 1.807) is 12.1 Å². The van der Waals surface area contributed by atoms with Crippen LogP contribution in [0.1, 0.15) is 49.3 Å². The van der Waals surface area contributed by atoms with Crippen LogP contribution >= 0.6 is 23.2 Å². The van der Waals surface area contributed by atoms with Crippen LogP contribution in [0.4, 0.5) is 4.39 Å². The van der Waals surface area contributed by atoms with Gasteiger partial charge in [0.25, 0.3) is 0 Å². The normalized spacial score (nSPS) is 13.2. The fourth-order valence-electron chi connectivity index (χ4n) is 2.20. The van der Waals surface area contributed by atoms with Crippen LogP contribution < -0.4 is 0 Å². The van der Waals surface area contributed by atoms with E-state index < -0.39 is 11.2 Å². The molecular weight excluding hydrogens is 306 g/mol. The highest BCUT2D eigenvalue weighted by Gasteiger charge is 2.20. The average molecular weight is 325 g/mol. The molecule has 21 heavy (non-hydrogen) atoms. The fourth-order valence-corrected chi connectivity index (χ4v) is 2.70. The predicted octanol–water partition coefficient (Wildman–Crippen LogP) is 6.49. The third-order valence-electron chi connectivity index (χ3n) is 4.12. The molecule has 0 radical (unpaired) electrons. The minimum absolute atomic E-state index is 0.0990. The molecule has 0 fully saturated rings. The molecule has 0 saturated carbocycles. The molecule has 0 aromatic heterocycles. The Morgan fingerprint density at radius 2 is 1.71 bits per heavy atom. The number of rotatable bonds is 4. The second kappa shape index (κ2) is 6.37. The number of hydrogen-bond acceptors (Lipinski definition) is 0. The van der Waals surface area contributed by atoms with Crippen molar-refractivity contribution in [1.29, 1.82) is 0 Å². The Labute approximate surface area is 135 Å². The molecule has 0 spiro atoms. The fraction of sp³-hybridized carbons (Fsp3) is 0.333. The molecule has 2 rings (SSSR count). The van der Waals surface area contributed by atoms with E-state index in [4.69, 9.17) is 23.2 Å². The van der Waals surface area contributed by atoms with E-state index in [9.17, 15) is 4.39 Å². The summed E-state index contributed by atoms with van der Waals surface area (Å²) in [5.41, 5.74) is 2.66. The molecule has 3 heteroatoms. The molecule has 0 nitrogen and oxygen atoms in total. The molecule has 0 saturated heterocycles. The van der Waals surface area contributed by atoms with Crippen LogP contribution in [0, 0.1) is 5.82 Å². The first-order chi connectivity index (χ1) is 9.86. The highest BCUT2D eigenvalue weighted by Crippen LogP contribution is 2.34. The smallest absolute Gasteiger partial charge is 0.146 e. The summed E-state index contributed by atoms with van der Waals surface area (Å²) in [7, 11) is 0. The summed E-state index contributed by atoms with van der Waals surface area (Å²) < 4.78 is 14.0. The zero-order chi connectivity index (χ0) is 15.6. The third-order valence-corrected chi connectivity index (χ3v) is 4.90. The Kier molecular flexibility index (Phi) is 4.95. The predicted molar refractivity (Wildman–Crippen MR) is 88.9 cm³/mol. The second-order valence-corrected chi connectivity index (χ2v) is 6.71. The van der Waals surface area contributed by atoms with Crippen molar-refractivity contribution in [2.75, 3.05) is 0 Å². The maximum Gasteiger partial charge on any atom is 0.146 e. The molecular formula is C18H19Cl2F. The van der Waals surface area contributed by atoms with Gasteiger partial charge in [0.1, 0.15) is 5.82 Å². The summed E-state index contributed by atoms with van der Waals surface area (Å²) in [6, 6.07) is 13.0. The topological polar surface area (TPSA) is 0 Å². The van der Waals surface area contributed by atoms with Crippen LogP contribution in [0.5, 0.6) is 0 Å². The van der Waals surface area contributed by atoms with E-state index in [1.807, 2.05) is 12.1 Å². The molecule has 2 aromatic carbocycles. The van der Waals surface area contributed by atoms with Crippen LogP contribution in [0.15, 0.2) is 42.5 Å². The number of hydrogen-bond donors (Lipinski definition) is 0. The van der Waals surface area contributed by atoms with E-state index in [-0.39, 0.29) is 10.4 Å². The van der Waals surface area contributed by atoms with Crippen molar-refractivity contribution in [3.05, 3.63) is 70.0 Å². The monoisotopic (exact) mass is 324 g/mol. The van der Waals surface area contributed by atoms with Crippen molar-refractivity contribution < 1.29 is 4.39 Å². The van der Waals surface area contributed by atoms with Gasteiger partial charge in [-0.15, -0.1) is 11.6 Å². The molecule has 1 atom stereocenters. The van der Waals surface area contributed by atoms with Gasteiger partial charge in [-0.2, -0.15) is 0 Å². The lowest BCUT2D eigenvalue weighted by Crippen LogP contribution is -2.15. The van der Waals surface area contributed by atoms with Crippen molar-refractivity contribution in [3.8, 4) is 0 Å². The van der Waals surface area contributed by atoms with Gasteiger partial charge in [0.2, 0.25) is 0 Å². The van der Waals surface area contributed by atoms with Crippen molar-refractivity contribution in [2.45, 2.75) is 38.0 Å². The summed E-state index contributed by atoms with van der Waals surface area (Å²) in [6.45, 7) is 6.58. The highest BCUT2D eigenvalue weighted by atomic mass is 35.5. The summed E-state index contributed by atoms with van der Waals surface area (Å²) in [5, 5.41) is -0.440. The molecule has 0 amide bonds. The van der Waals surface area contributed by atoms with E-state index >= 15 is 0 Å². The van der Waals surface area contributed by atoms with Gasteiger partial charge in [-0.1, -0.05) is 68.8 Å². The van der Waals surface area contributed by atoms with Gasteiger partial charge >= 0.3 is 0 Å². The summed E-state index contributed by atoms with van der Waals surface area (Å²) in [4.78, 5) is 0. The minimum Gasteiger partial charge on any atom is -0.205 e. The van der Waals surface area contributed by atoms with E-state index in [2.05, 4.69) is 32.9 Å². The molecule has 0 N–H and O–H groups in total. The van der Waals surface area contributed by atoms with Gasteiger partial charge in [0.05, 0.1) is 10.4 Å². The van der Waals surface area contributed by atoms with E-state index in [0.29, 0.717) is 5.56 Å². The maximum atomic E-state index is 14.0. The van der Waals surface area contributed by atoms with Gasteiger partial charge in [-0.05, 0) is 29.0 Å². The summed E-state index contributed by atoms with van der Waals surface area (Å²) in [6.07, 6.45) is 1.06. The largest absolute Gasteiger partial charge is 0.205 e. The Hall–Kier alpha value is -1.05. The molecule has 1 unspecified atom stereocenters. The zero-order valence-electron chi connectivity index (χ0n) is 12.5. The van der Waals surface area contributed by atoms with Crippen LogP contribution in [0.25, 0.3) is 0 Å². The summed E-state index contributed by atoms with van der Waals surface area (Å²) in [5.74, 6) is -0.447. The first-order valence-corrected chi connectivity index (χ1v) is 7.86. The number of benzene rings is 2. The number of halogens is 3. The molecule has 0 aliphatic rings. The second-order valence-electron chi connectivity index (χ2n) is 5.87. The van der Waals surface area contributed by atoms with Crippen LogP contribution in [-0.4, -0.2) is 0 Å². The highest BCUT2D eigenvalue weighted by molar-refractivity contribution is 6.31. The zero-order valence-corrected chi connectivity index (χ0v) is 14.0. The van der Waals surface area contributed by atoms with Gasteiger partial charge in [0, 0.05) is 5.56 Å². The average Bonchev–Trinajstić information content (AvgIpc) is 2.49. The Morgan fingerprint density at radius 3 is 2.29 bits per heavy atom. The lowest BCUT2D eigenvalue weighted by molar-refractivity contribution is 0.506.